The molecule has 2 nitrogen and oxygen atoms in total. The fraction of sp³-hybridized carbons (Fsp3) is 0.625. The lowest BCUT2D eigenvalue weighted by Crippen LogP contribution is -2.31. The average Bonchev–Trinajstić information content (AvgIpc) is 2.33. The van der Waals surface area contributed by atoms with Gasteiger partial charge in [0.05, 0.1) is 0 Å². The summed E-state index contributed by atoms with van der Waals surface area (Å²) in [5, 5.41) is 3.54. The van der Waals surface area contributed by atoms with Crippen LogP contribution in [0.3, 0.4) is 0 Å². The Morgan fingerprint density at radius 2 is 2.00 bits per heavy atom. The molecule has 0 fully saturated rings. The number of rotatable bonds is 7. The molecule has 0 amide bonds. The summed E-state index contributed by atoms with van der Waals surface area (Å²) in [7, 11) is 2.18. The van der Waals surface area contributed by atoms with Crippen LogP contribution in [0.25, 0.3) is 0 Å². The fourth-order valence-corrected chi connectivity index (χ4v) is 2.23. The van der Waals surface area contributed by atoms with Crippen LogP contribution in [-0.4, -0.2) is 26.2 Å². The molecular formula is C16H28N2. The zero-order chi connectivity index (χ0) is 13.5. The Kier molecular flexibility index (Phi) is 6.20. The van der Waals surface area contributed by atoms with E-state index in [0.29, 0.717) is 6.04 Å². The highest BCUT2D eigenvalue weighted by Gasteiger charge is 2.07. The molecule has 0 aromatic heterocycles. The van der Waals surface area contributed by atoms with E-state index in [4.69, 9.17) is 0 Å². The van der Waals surface area contributed by atoms with E-state index in [9.17, 15) is 0 Å². The molecule has 1 N–H and O–H groups in total. The smallest absolute Gasteiger partial charge is 0.0393 e. The molecule has 0 bridgehead atoms. The number of anilines is 1. The van der Waals surface area contributed by atoms with Gasteiger partial charge in [-0.15, -0.1) is 0 Å². The van der Waals surface area contributed by atoms with Crippen LogP contribution in [0.5, 0.6) is 0 Å². The normalized spacial score (nSPS) is 12.5. The van der Waals surface area contributed by atoms with Gasteiger partial charge in [0, 0.05) is 25.3 Å². The second-order valence-electron chi connectivity index (χ2n) is 5.36. The molecule has 0 aliphatic rings. The average molecular weight is 248 g/mol. The third-order valence-corrected chi connectivity index (χ3v) is 3.40. The van der Waals surface area contributed by atoms with Crippen molar-refractivity contribution in [3.05, 3.63) is 29.3 Å². The summed E-state index contributed by atoms with van der Waals surface area (Å²) < 4.78 is 0. The Morgan fingerprint density at radius 1 is 1.28 bits per heavy atom. The Labute approximate surface area is 112 Å². The van der Waals surface area contributed by atoms with Crippen LogP contribution in [0.4, 0.5) is 5.69 Å². The van der Waals surface area contributed by atoms with Crippen LogP contribution < -0.4 is 10.2 Å². The van der Waals surface area contributed by atoms with Crippen molar-refractivity contribution >= 4 is 5.69 Å². The van der Waals surface area contributed by atoms with Crippen LogP contribution in [0.15, 0.2) is 18.2 Å². The molecule has 0 saturated heterocycles. The number of hydrogen-bond donors (Lipinski definition) is 1. The fourth-order valence-electron chi connectivity index (χ4n) is 2.23. The number of nitrogens with zero attached hydrogens (tertiary/aromatic N) is 1. The molecule has 1 aromatic carbocycles. The third kappa shape index (κ3) is 4.69. The van der Waals surface area contributed by atoms with Gasteiger partial charge in [-0.05, 0) is 51.8 Å². The summed E-state index contributed by atoms with van der Waals surface area (Å²) in [6, 6.07) is 7.27. The zero-order valence-electron chi connectivity index (χ0n) is 12.6. The molecule has 0 radical (unpaired) electrons. The number of hydrogen-bond acceptors (Lipinski definition) is 2. The second-order valence-corrected chi connectivity index (χ2v) is 5.36. The highest BCUT2D eigenvalue weighted by molar-refractivity contribution is 5.53. The van der Waals surface area contributed by atoms with Crippen molar-refractivity contribution in [2.75, 3.05) is 25.0 Å². The largest absolute Gasteiger partial charge is 0.374 e. The molecule has 0 spiro atoms. The standard InChI is InChI=1S/C16H28N2/c1-6-10-17-15(4)9-11-18(5)16-8-7-13(2)12-14(16)3/h7-8,12,15,17H,6,9-11H2,1-5H3. The number of nitrogens with one attached hydrogen (secondary N) is 1. The van der Waals surface area contributed by atoms with Crippen molar-refractivity contribution in [1.29, 1.82) is 0 Å². The van der Waals surface area contributed by atoms with E-state index < -0.39 is 0 Å². The topological polar surface area (TPSA) is 15.3 Å². The van der Waals surface area contributed by atoms with Crippen LogP contribution in [0.2, 0.25) is 0 Å². The molecule has 0 heterocycles. The van der Waals surface area contributed by atoms with Crippen molar-refractivity contribution in [2.24, 2.45) is 0 Å². The molecular weight excluding hydrogens is 220 g/mol. The van der Waals surface area contributed by atoms with Gasteiger partial charge in [-0.3, -0.25) is 0 Å². The highest BCUT2D eigenvalue weighted by Crippen LogP contribution is 2.20. The van der Waals surface area contributed by atoms with E-state index in [1.165, 1.54) is 29.7 Å². The molecule has 1 atom stereocenters. The van der Waals surface area contributed by atoms with Crippen LogP contribution in [-0.2, 0) is 0 Å². The third-order valence-electron chi connectivity index (χ3n) is 3.40. The van der Waals surface area contributed by atoms with E-state index in [-0.39, 0.29) is 0 Å². The zero-order valence-corrected chi connectivity index (χ0v) is 12.6. The monoisotopic (exact) mass is 248 g/mol. The van der Waals surface area contributed by atoms with Crippen molar-refractivity contribution in [3.8, 4) is 0 Å². The molecule has 18 heavy (non-hydrogen) atoms. The van der Waals surface area contributed by atoms with Crippen molar-refractivity contribution in [2.45, 2.75) is 46.6 Å². The predicted octanol–water partition coefficient (Wildman–Crippen LogP) is 3.52. The Morgan fingerprint density at radius 3 is 2.61 bits per heavy atom. The van der Waals surface area contributed by atoms with Crippen LogP contribution in [0, 0.1) is 13.8 Å². The van der Waals surface area contributed by atoms with Gasteiger partial charge < -0.3 is 10.2 Å². The first-order valence-corrected chi connectivity index (χ1v) is 7.06. The van der Waals surface area contributed by atoms with E-state index in [1.54, 1.807) is 0 Å². The molecule has 2 heteroatoms. The van der Waals surface area contributed by atoms with Gasteiger partial charge in [-0.25, -0.2) is 0 Å². The summed E-state index contributed by atoms with van der Waals surface area (Å²) in [5.74, 6) is 0. The van der Waals surface area contributed by atoms with Gasteiger partial charge in [-0.1, -0.05) is 24.6 Å². The molecule has 102 valence electrons. The van der Waals surface area contributed by atoms with Gasteiger partial charge in [0.25, 0.3) is 0 Å². The summed E-state index contributed by atoms with van der Waals surface area (Å²) in [6.07, 6.45) is 2.39. The first kappa shape index (κ1) is 15.0. The number of aryl methyl sites for hydroxylation is 2. The van der Waals surface area contributed by atoms with Gasteiger partial charge in [0.1, 0.15) is 0 Å². The summed E-state index contributed by atoms with van der Waals surface area (Å²) in [4.78, 5) is 2.36. The van der Waals surface area contributed by atoms with Gasteiger partial charge in [0.2, 0.25) is 0 Å². The Bertz CT molecular complexity index is 360. The van der Waals surface area contributed by atoms with E-state index in [1.807, 2.05) is 0 Å². The van der Waals surface area contributed by atoms with Crippen LogP contribution in [0.1, 0.15) is 37.8 Å². The molecule has 0 saturated carbocycles. The predicted molar refractivity (Wildman–Crippen MR) is 81.6 cm³/mol. The first-order chi connectivity index (χ1) is 8.54. The van der Waals surface area contributed by atoms with E-state index in [0.717, 1.165) is 13.1 Å². The SMILES string of the molecule is CCCNC(C)CCN(C)c1ccc(C)cc1C. The van der Waals surface area contributed by atoms with Gasteiger partial charge >= 0.3 is 0 Å². The van der Waals surface area contributed by atoms with Crippen molar-refractivity contribution < 1.29 is 0 Å². The maximum atomic E-state index is 3.54. The maximum absolute atomic E-state index is 3.54. The lowest BCUT2D eigenvalue weighted by atomic mass is 10.1. The molecule has 1 rings (SSSR count). The highest BCUT2D eigenvalue weighted by atomic mass is 15.1. The molecule has 0 aliphatic heterocycles. The molecule has 1 unspecified atom stereocenters. The minimum absolute atomic E-state index is 0.596. The maximum Gasteiger partial charge on any atom is 0.0393 e. The summed E-state index contributed by atoms with van der Waals surface area (Å²) in [5.41, 5.74) is 4.05. The second kappa shape index (κ2) is 7.42. The van der Waals surface area contributed by atoms with Crippen molar-refractivity contribution in [3.63, 3.8) is 0 Å². The van der Waals surface area contributed by atoms with Crippen molar-refractivity contribution in [1.82, 2.24) is 5.32 Å². The Balaban J connectivity index is 2.47. The van der Waals surface area contributed by atoms with E-state index >= 15 is 0 Å². The number of benzene rings is 1. The lowest BCUT2D eigenvalue weighted by molar-refractivity contribution is 0.514. The Hall–Kier alpha value is -1.02. The lowest BCUT2D eigenvalue weighted by Gasteiger charge is -2.24. The summed E-state index contributed by atoms with van der Waals surface area (Å²) >= 11 is 0. The minimum atomic E-state index is 0.596. The molecule has 0 aliphatic carbocycles. The first-order valence-electron chi connectivity index (χ1n) is 7.06. The van der Waals surface area contributed by atoms with Crippen LogP contribution >= 0.6 is 0 Å². The molecule has 1 aromatic rings. The summed E-state index contributed by atoms with van der Waals surface area (Å²) in [6.45, 7) is 11.0. The van der Waals surface area contributed by atoms with E-state index in [2.05, 4.69) is 63.2 Å². The van der Waals surface area contributed by atoms with Gasteiger partial charge in [0.15, 0.2) is 0 Å². The van der Waals surface area contributed by atoms with Gasteiger partial charge in [-0.2, -0.15) is 0 Å². The quantitative estimate of drug-likeness (QED) is 0.794. The minimum Gasteiger partial charge on any atom is -0.374 e.